The van der Waals surface area contributed by atoms with Gasteiger partial charge in [0.1, 0.15) is 0 Å². The van der Waals surface area contributed by atoms with Crippen molar-refractivity contribution in [3.63, 3.8) is 0 Å². The van der Waals surface area contributed by atoms with E-state index in [1.54, 1.807) is 24.4 Å². The SMILES string of the molecule is O=c1c2ccccc2cnn1CN1CCN(S(=O)(=O)c2ccc(Cl)c(C(F)(F)F)c2)CC1. The molecule has 0 spiro atoms. The van der Waals surface area contributed by atoms with Crippen LogP contribution in [0.5, 0.6) is 0 Å². The molecule has 0 saturated carbocycles. The molecule has 3 aromatic rings. The normalized spacial score (nSPS) is 16.5. The van der Waals surface area contributed by atoms with Gasteiger partial charge in [0.2, 0.25) is 10.0 Å². The molecule has 12 heteroatoms. The van der Waals surface area contributed by atoms with E-state index in [-0.39, 0.29) is 25.3 Å². The van der Waals surface area contributed by atoms with Gasteiger partial charge in [-0.1, -0.05) is 29.8 Å². The van der Waals surface area contributed by atoms with Gasteiger partial charge in [0.05, 0.1) is 33.7 Å². The van der Waals surface area contributed by atoms with Crippen LogP contribution in [0.4, 0.5) is 13.2 Å². The maximum absolute atomic E-state index is 13.1. The Hall–Kier alpha value is -2.47. The third-order valence-electron chi connectivity index (χ3n) is 5.31. The molecule has 2 aromatic carbocycles. The molecule has 2 heterocycles. The molecule has 7 nitrogen and oxygen atoms in total. The zero-order valence-corrected chi connectivity index (χ0v) is 18.2. The van der Waals surface area contributed by atoms with Crippen LogP contribution in [0.1, 0.15) is 5.56 Å². The van der Waals surface area contributed by atoms with Crippen molar-refractivity contribution in [3.8, 4) is 0 Å². The number of fused-ring (bicyclic) bond motifs is 1. The van der Waals surface area contributed by atoms with E-state index in [0.29, 0.717) is 24.5 Å². The highest BCUT2D eigenvalue weighted by atomic mass is 35.5. The second-order valence-corrected chi connectivity index (χ2v) is 9.68. The summed E-state index contributed by atoms with van der Waals surface area (Å²) in [5.74, 6) is 0. The molecular formula is C20H18ClF3N4O3S. The Labute approximate surface area is 186 Å². The van der Waals surface area contributed by atoms with E-state index < -0.39 is 31.7 Å². The first-order chi connectivity index (χ1) is 15.1. The number of hydrogen-bond donors (Lipinski definition) is 0. The maximum atomic E-state index is 13.1. The van der Waals surface area contributed by atoms with Gasteiger partial charge < -0.3 is 0 Å². The van der Waals surface area contributed by atoms with Gasteiger partial charge in [-0.25, -0.2) is 13.1 Å². The Morgan fingerprint density at radius 2 is 1.72 bits per heavy atom. The molecule has 1 fully saturated rings. The fourth-order valence-electron chi connectivity index (χ4n) is 3.56. The monoisotopic (exact) mass is 486 g/mol. The standard InChI is InChI=1S/C20H18ClF3N4O3S/c21-18-6-5-15(11-17(18)20(22,23)24)32(30,31)27-9-7-26(8-10-27)13-28-19(29)16-4-2-1-3-14(16)12-25-28/h1-6,11-12H,7-10,13H2. The number of sulfonamides is 1. The number of halogens is 4. The fourth-order valence-corrected chi connectivity index (χ4v) is 5.23. The van der Waals surface area contributed by atoms with Crippen molar-refractivity contribution < 1.29 is 21.6 Å². The summed E-state index contributed by atoms with van der Waals surface area (Å²) in [7, 11) is -4.13. The smallest absolute Gasteiger partial charge is 0.282 e. The van der Waals surface area contributed by atoms with Crippen LogP contribution >= 0.6 is 11.6 Å². The van der Waals surface area contributed by atoms with Crippen molar-refractivity contribution in [1.29, 1.82) is 0 Å². The van der Waals surface area contributed by atoms with Gasteiger partial charge in [0, 0.05) is 31.6 Å². The molecule has 1 aliphatic rings. The van der Waals surface area contributed by atoms with E-state index >= 15 is 0 Å². The van der Waals surface area contributed by atoms with E-state index in [9.17, 15) is 26.4 Å². The Morgan fingerprint density at radius 3 is 2.41 bits per heavy atom. The Balaban J connectivity index is 1.48. The number of hydrogen-bond acceptors (Lipinski definition) is 5. The molecule has 0 radical (unpaired) electrons. The average molecular weight is 487 g/mol. The van der Waals surface area contributed by atoms with Crippen LogP contribution in [0.15, 0.2) is 58.4 Å². The molecule has 1 aliphatic heterocycles. The third kappa shape index (κ3) is 4.38. The first-order valence-electron chi connectivity index (χ1n) is 9.61. The van der Waals surface area contributed by atoms with E-state index in [1.165, 1.54) is 4.68 Å². The highest BCUT2D eigenvalue weighted by Gasteiger charge is 2.36. The largest absolute Gasteiger partial charge is 0.417 e. The highest BCUT2D eigenvalue weighted by Crippen LogP contribution is 2.36. The Bertz CT molecular complexity index is 1320. The van der Waals surface area contributed by atoms with Crippen molar-refractivity contribution in [2.75, 3.05) is 26.2 Å². The summed E-state index contributed by atoms with van der Waals surface area (Å²) in [5, 5.41) is 4.87. The van der Waals surface area contributed by atoms with Gasteiger partial charge in [-0.05, 0) is 24.3 Å². The third-order valence-corrected chi connectivity index (χ3v) is 7.53. The quantitative estimate of drug-likeness (QED) is 0.566. The lowest BCUT2D eigenvalue weighted by atomic mass is 10.2. The minimum atomic E-state index is -4.76. The number of rotatable bonds is 4. The van der Waals surface area contributed by atoms with Crippen LogP contribution in [-0.4, -0.2) is 53.6 Å². The zero-order valence-electron chi connectivity index (χ0n) is 16.6. The van der Waals surface area contributed by atoms with E-state index in [2.05, 4.69) is 5.10 Å². The Kier molecular flexibility index (Phi) is 6.01. The summed E-state index contributed by atoms with van der Waals surface area (Å²) < 4.78 is 67.5. The maximum Gasteiger partial charge on any atom is 0.417 e. The molecule has 0 unspecified atom stereocenters. The van der Waals surface area contributed by atoms with Crippen molar-refractivity contribution >= 4 is 32.4 Å². The summed E-state index contributed by atoms with van der Waals surface area (Å²) in [6, 6.07) is 9.64. The summed E-state index contributed by atoms with van der Waals surface area (Å²) >= 11 is 5.59. The molecule has 1 aromatic heterocycles. The second kappa shape index (κ2) is 8.47. The van der Waals surface area contributed by atoms with Crippen molar-refractivity contribution in [2.45, 2.75) is 17.7 Å². The zero-order chi connectivity index (χ0) is 23.1. The molecule has 0 aliphatic carbocycles. The molecule has 32 heavy (non-hydrogen) atoms. The Morgan fingerprint density at radius 1 is 1.03 bits per heavy atom. The molecule has 170 valence electrons. The fraction of sp³-hybridized carbons (Fsp3) is 0.300. The number of nitrogens with zero attached hydrogens (tertiary/aromatic N) is 4. The van der Waals surface area contributed by atoms with Crippen molar-refractivity contribution in [1.82, 2.24) is 19.0 Å². The number of aromatic nitrogens is 2. The van der Waals surface area contributed by atoms with Crippen LogP contribution in [0.25, 0.3) is 10.8 Å². The van der Waals surface area contributed by atoms with Gasteiger partial charge in [-0.2, -0.15) is 22.6 Å². The predicted octanol–water partition coefficient (Wildman–Crippen LogP) is 3.03. The molecule has 0 amide bonds. The van der Waals surface area contributed by atoms with E-state index in [4.69, 9.17) is 11.6 Å². The number of piperazine rings is 1. The van der Waals surface area contributed by atoms with Gasteiger partial charge in [0.15, 0.2) is 0 Å². The average Bonchev–Trinajstić information content (AvgIpc) is 2.75. The summed E-state index contributed by atoms with van der Waals surface area (Å²) in [4.78, 5) is 14.0. The molecule has 0 N–H and O–H groups in total. The van der Waals surface area contributed by atoms with Crippen LogP contribution in [0, 0.1) is 0 Å². The van der Waals surface area contributed by atoms with Crippen LogP contribution < -0.4 is 5.56 Å². The minimum absolute atomic E-state index is 0.0641. The van der Waals surface area contributed by atoms with Crippen molar-refractivity contribution in [3.05, 3.63) is 69.6 Å². The number of alkyl halides is 3. The summed E-state index contributed by atoms with van der Waals surface area (Å²) in [5.41, 5.74) is -1.44. The van der Waals surface area contributed by atoms with Gasteiger partial charge in [-0.3, -0.25) is 9.69 Å². The van der Waals surface area contributed by atoms with Gasteiger partial charge >= 0.3 is 6.18 Å². The van der Waals surface area contributed by atoms with Gasteiger partial charge in [0.25, 0.3) is 5.56 Å². The molecule has 4 rings (SSSR count). The predicted molar refractivity (Wildman–Crippen MR) is 113 cm³/mol. The second-order valence-electron chi connectivity index (χ2n) is 7.34. The summed E-state index contributed by atoms with van der Waals surface area (Å²) in [6.45, 7) is 0.889. The van der Waals surface area contributed by atoms with Crippen molar-refractivity contribution in [2.24, 2.45) is 0 Å². The molecule has 0 atom stereocenters. The summed E-state index contributed by atoms with van der Waals surface area (Å²) in [6.07, 6.45) is -3.17. The first kappa shape index (κ1) is 22.7. The lowest BCUT2D eigenvalue weighted by Crippen LogP contribution is -2.49. The topological polar surface area (TPSA) is 75.5 Å². The lowest BCUT2D eigenvalue weighted by molar-refractivity contribution is -0.137. The molecule has 0 bridgehead atoms. The van der Waals surface area contributed by atoms with E-state index in [1.807, 2.05) is 11.0 Å². The van der Waals surface area contributed by atoms with Crippen LogP contribution in [0.3, 0.4) is 0 Å². The van der Waals surface area contributed by atoms with Crippen LogP contribution in [-0.2, 0) is 22.9 Å². The minimum Gasteiger partial charge on any atom is -0.282 e. The first-order valence-corrected chi connectivity index (χ1v) is 11.4. The van der Waals surface area contributed by atoms with E-state index in [0.717, 1.165) is 21.8 Å². The molecule has 1 saturated heterocycles. The van der Waals surface area contributed by atoms with Gasteiger partial charge in [-0.15, -0.1) is 0 Å². The number of benzene rings is 2. The lowest BCUT2D eigenvalue weighted by Gasteiger charge is -2.33. The highest BCUT2D eigenvalue weighted by molar-refractivity contribution is 7.89. The molecular weight excluding hydrogens is 469 g/mol. The van der Waals surface area contributed by atoms with Crippen LogP contribution in [0.2, 0.25) is 5.02 Å².